The molecule has 42 heavy (non-hydrogen) atoms. The molecule has 1 heterocycles. The third-order valence-electron chi connectivity index (χ3n) is 7.16. The summed E-state index contributed by atoms with van der Waals surface area (Å²) in [6.45, 7) is 2.06. The van der Waals surface area contributed by atoms with Crippen LogP contribution in [0.15, 0.2) is 65.8 Å². The number of hydrazone groups is 1. The molecule has 216 valence electrons. The van der Waals surface area contributed by atoms with Crippen molar-refractivity contribution < 1.29 is 28.6 Å². The van der Waals surface area contributed by atoms with Crippen molar-refractivity contribution in [2.75, 3.05) is 19.5 Å². The van der Waals surface area contributed by atoms with Crippen molar-refractivity contribution in [1.29, 1.82) is 0 Å². The second-order valence-electron chi connectivity index (χ2n) is 9.79. The van der Waals surface area contributed by atoms with E-state index in [1.807, 2.05) is 24.3 Å². The van der Waals surface area contributed by atoms with Crippen LogP contribution in [-0.2, 0) is 33.8 Å². The molecule has 1 aliphatic rings. The number of amides is 2. The summed E-state index contributed by atoms with van der Waals surface area (Å²) in [5, 5.41) is 9.25. The molecule has 0 saturated carbocycles. The van der Waals surface area contributed by atoms with Gasteiger partial charge in [-0.2, -0.15) is 5.10 Å². The SMILES string of the molecule is COC(=O)c1c(NC(=O)C(=O)NN=C(C)c2ccc(OCc3cccc4ccccc34)c(OC)c2)sc2c1CCCC2. The number of ether oxygens (including phenoxy) is 3. The molecule has 9 nitrogen and oxygen atoms in total. The maximum absolute atomic E-state index is 12.7. The highest BCUT2D eigenvalue weighted by atomic mass is 32.1. The lowest BCUT2D eigenvalue weighted by molar-refractivity contribution is -0.136. The van der Waals surface area contributed by atoms with Gasteiger partial charge in [0.05, 0.1) is 25.5 Å². The van der Waals surface area contributed by atoms with Crippen molar-refractivity contribution in [3.63, 3.8) is 0 Å². The van der Waals surface area contributed by atoms with Gasteiger partial charge in [-0.15, -0.1) is 11.3 Å². The van der Waals surface area contributed by atoms with Gasteiger partial charge in [-0.25, -0.2) is 10.2 Å². The van der Waals surface area contributed by atoms with Crippen molar-refractivity contribution in [2.45, 2.75) is 39.2 Å². The number of methoxy groups -OCH3 is 2. The van der Waals surface area contributed by atoms with E-state index >= 15 is 0 Å². The second kappa shape index (κ2) is 12.9. The van der Waals surface area contributed by atoms with Crippen LogP contribution in [0.25, 0.3) is 10.8 Å². The summed E-state index contributed by atoms with van der Waals surface area (Å²) >= 11 is 1.31. The highest BCUT2D eigenvalue weighted by Crippen LogP contribution is 2.38. The lowest BCUT2D eigenvalue weighted by Gasteiger charge is -2.13. The van der Waals surface area contributed by atoms with E-state index in [9.17, 15) is 14.4 Å². The molecular formula is C32H31N3O6S. The number of anilines is 1. The first kappa shape index (κ1) is 28.8. The quantitative estimate of drug-likeness (QED) is 0.120. The Bertz CT molecular complexity index is 1690. The van der Waals surface area contributed by atoms with E-state index in [1.54, 1.807) is 32.2 Å². The minimum atomic E-state index is -0.960. The van der Waals surface area contributed by atoms with E-state index in [0.29, 0.717) is 39.9 Å². The average Bonchev–Trinajstić information content (AvgIpc) is 3.39. The summed E-state index contributed by atoms with van der Waals surface area (Å²) in [5.74, 6) is -1.35. The lowest BCUT2D eigenvalue weighted by Crippen LogP contribution is -2.33. The Kier molecular flexibility index (Phi) is 8.83. The van der Waals surface area contributed by atoms with Gasteiger partial charge in [-0.3, -0.25) is 9.59 Å². The van der Waals surface area contributed by atoms with E-state index in [2.05, 4.69) is 34.0 Å². The minimum Gasteiger partial charge on any atom is -0.493 e. The molecule has 5 rings (SSSR count). The Morgan fingerprint density at radius 1 is 0.929 bits per heavy atom. The summed E-state index contributed by atoms with van der Waals surface area (Å²) < 4.78 is 16.6. The number of rotatable bonds is 8. The van der Waals surface area contributed by atoms with Gasteiger partial charge in [0.1, 0.15) is 11.6 Å². The zero-order valence-electron chi connectivity index (χ0n) is 23.6. The van der Waals surface area contributed by atoms with E-state index in [4.69, 9.17) is 14.2 Å². The third kappa shape index (κ3) is 6.13. The molecule has 4 aromatic rings. The minimum absolute atomic E-state index is 0.318. The van der Waals surface area contributed by atoms with Crippen LogP contribution in [-0.4, -0.2) is 37.7 Å². The van der Waals surface area contributed by atoms with Crippen molar-refractivity contribution in [3.8, 4) is 11.5 Å². The zero-order valence-corrected chi connectivity index (χ0v) is 24.4. The van der Waals surface area contributed by atoms with Gasteiger partial charge >= 0.3 is 17.8 Å². The predicted molar refractivity (Wildman–Crippen MR) is 163 cm³/mol. The number of thiophene rings is 1. The largest absolute Gasteiger partial charge is 0.493 e. The first-order valence-electron chi connectivity index (χ1n) is 13.6. The number of aryl methyl sites for hydroxylation is 1. The van der Waals surface area contributed by atoms with Crippen LogP contribution >= 0.6 is 11.3 Å². The van der Waals surface area contributed by atoms with E-state index in [0.717, 1.165) is 52.5 Å². The summed E-state index contributed by atoms with van der Waals surface area (Å²) in [5.41, 5.74) is 5.69. The normalized spacial score (nSPS) is 12.8. The summed E-state index contributed by atoms with van der Waals surface area (Å²) in [6.07, 6.45) is 3.53. The van der Waals surface area contributed by atoms with Crippen molar-refractivity contribution in [2.24, 2.45) is 5.10 Å². The van der Waals surface area contributed by atoms with Crippen LogP contribution in [0.4, 0.5) is 5.00 Å². The van der Waals surface area contributed by atoms with Crippen LogP contribution in [0.5, 0.6) is 11.5 Å². The number of fused-ring (bicyclic) bond motifs is 2. The van der Waals surface area contributed by atoms with Crippen LogP contribution in [0.1, 0.15) is 51.7 Å². The molecular weight excluding hydrogens is 554 g/mol. The van der Waals surface area contributed by atoms with Gasteiger partial charge in [0.25, 0.3) is 0 Å². The molecule has 0 aliphatic heterocycles. The fourth-order valence-corrected chi connectivity index (χ4v) is 6.24. The number of nitrogens with one attached hydrogen (secondary N) is 2. The molecule has 2 amide bonds. The number of carbonyl (C=O) groups is 3. The number of benzene rings is 3. The van der Waals surface area contributed by atoms with E-state index < -0.39 is 17.8 Å². The van der Waals surface area contributed by atoms with Crippen molar-refractivity contribution in [3.05, 3.63) is 87.8 Å². The van der Waals surface area contributed by atoms with Crippen molar-refractivity contribution in [1.82, 2.24) is 5.43 Å². The Hall–Kier alpha value is -4.70. The topological polar surface area (TPSA) is 115 Å². The molecule has 0 spiro atoms. The van der Waals surface area contributed by atoms with Gasteiger partial charge in [-0.1, -0.05) is 42.5 Å². The van der Waals surface area contributed by atoms with E-state index in [-0.39, 0.29) is 0 Å². The van der Waals surface area contributed by atoms with Crippen LogP contribution < -0.4 is 20.2 Å². The number of esters is 1. The maximum atomic E-state index is 12.7. The molecule has 2 N–H and O–H groups in total. The fourth-order valence-electron chi connectivity index (χ4n) is 4.97. The summed E-state index contributed by atoms with van der Waals surface area (Å²) in [6, 6.07) is 19.6. The molecule has 0 bridgehead atoms. The fraction of sp³-hybridized carbons (Fsp3) is 0.250. The van der Waals surface area contributed by atoms with Gasteiger partial charge in [0.2, 0.25) is 0 Å². The monoisotopic (exact) mass is 585 g/mol. The number of nitrogens with zero attached hydrogens (tertiary/aromatic N) is 1. The lowest BCUT2D eigenvalue weighted by atomic mass is 9.95. The van der Waals surface area contributed by atoms with Crippen molar-refractivity contribution >= 4 is 50.6 Å². The van der Waals surface area contributed by atoms with Gasteiger partial charge in [0.15, 0.2) is 11.5 Å². The Morgan fingerprint density at radius 2 is 1.71 bits per heavy atom. The van der Waals surface area contributed by atoms with Crippen LogP contribution in [0.3, 0.4) is 0 Å². The Morgan fingerprint density at radius 3 is 2.52 bits per heavy atom. The molecule has 0 fully saturated rings. The number of hydrogen-bond donors (Lipinski definition) is 2. The standard InChI is InChI=1S/C32H31N3O6S/c1-19(34-35-30(37)29(36)33-31-28(32(38)40-3)24-13-6-7-14-27(24)42-31)21-15-16-25(26(17-21)39-2)41-18-22-11-8-10-20-9-4-5-12-23(20)22/h4-5,8-12,15-17H,6-7,13-14,18H2,1-3H3,(H,33,36)(H,35,37). The van der Waals surface area contributed by atoms with Crippen LogP contribution in [0.2, 0.25) is 0 Å². The second-order valence-corrected chi connectivity index (χ2v) is 10.9. The predicted octanol–water partition coefficient (Wildman–Crippen LogP) is 5.63. The Balaban J connectivity index is 1.24. The molecule has 1 aliphatic carbocycles. The first-order chi connectivity index (χ1) is 20.4. The summed E-state index contributed by atoms with van der Waals surface area (Å²) in [7, 11) is 2.84. The molecule has 10 heteroatoms. The Labute approximate surface area is 247 Å². The molecule has 0 unspecified atom stereocenters. The highest BCUT2D eigenvalue weighted by Gasteiger charge is 2.28. The highest BCUT2D eigenvalue weighted by molar-refractivity contribution is 7.17. The molecule has 0 atom stereocenters. The molecule has 0 saturated heterocycles. The first-order valence-corrected chi connectivity index (χ1v) is 14.4. The maximum Gasteiger partial charge on any atom is 0.341 e. The molecule has 1 aromatic heterocycles. The molecule has 0 radical (unpaired) electrons. The molecule has 3 aromatic carbocycles. The number of carbonyl (C=O) groups excluding carboxylic acids is 3. The van der Waals surface area contributed by atoms with Gasteiger partial charge in [-0.05, 0) is 72.7 Å². The average molecular weight is 586 g/mol. The van der Waals surface area contributed by atoms with Gasteiger partial charge in [0, 0.05) is 10.4 Å². The van der Waals surface area contributed by atoms with Gasteiger partial charge < -0.3 is 19.5 Å². The number of hydrogen-bond acceptors (Lipinski definition) is 8. The van der Waals surface area contributed by atoms with E-state index in [1.165, 1.54) is 18.4 Å². The van der Waals surface area contributed by atoms with Crippen LogP contribution in [0, 0.1) is 0 Å². The third-order valence-corrected chi connectivity index (χ3v) is 8.37. The zero-order chi connectivity index (χ0) is 29.6. The smallest absolute Gasteiger partial charge is 0.341 e. The summed E-state index contributed by atoms with van der Waals surface area (Å²) in [4.78, 5) is 38.7.